The number of thiol groups is 1. The molecule has 0 aromatic rings. The van der Waals surface area contributed by atoms with Gasteiger partial charge in [-0.25, -0.2) is 0 Å². The summed E-state index contributed by atoms with van der Waals surface area (Å²) in [7, 11) is 0. The van der Waals surface area contributed by atoms with Crippen LogP contribution in [0.15, 0.2) is 0 Å². The highest BCUT2D eigenvalue weighted by molar-refractivity contribution is 8.11. The van der Waals surface area contributed by atoms with Crippen LogP contribution in [0.2, 0.25) is 0 Å². The standard InChI is InChI=1S/C29H58S2/c1-4-6-8-10-12-14-16-18-20-22-24-26-29(3,28(30)31)27-25-23-21-19-17-15-13-11-9-7-5-2/h4-27H2,1-3H3,(H,30,31). The van der Waals surface area contributed by atoms with E-state index in [0.717, 1.165) is 4.20 Å². The average molecular weight is 471 g/mol. The summed E-state index contributed by atoms with van der Waals surface area (Å²) < 4.78 is 0.951. The minimum Gasteiger partial charge on any atom is -0.136 e. The maximum Gasteiger partial charge on any atom is 0.0507 e. The predicted molar refractivity (Wildman–Crippen MR) is 152 cm³/mol. The Kier molecular flexibility index (Phi) is 23.9. The molecular weight excluding hydrogens is 412 g/mol. The van der Waals surface area contributed by atoms with Gasteiger partial charge < -0.3 is 0 Å². The van der Waals surface area contributed by atoms with Crippen LogP contribution >= 0.6 is 24.8 Å². The lowest BCUT2D eigenvalue weighted by Crippen LogP contribution is -2.22. The second kappa shape index (κ2) is 23.6. The Balaban J connectivity index is 3.62. The number of unbranched alkanes of at least 4 members (excludes halogenated alkanes) is 20. The van der Waals surface area contributed by atoms with E-state index in [-0.39, 0.29) is 5.41 Å². The molecule has 0 aliphatic rings. The van der Waals surface area contributed by atoms with Crippen molar-refractivity contribution in [2.45, 2.75) is 175 Å². The molecule has 0 nitrogen and oxygen atoms in total. The molecule has 31 heavy (non-hydrogen) atoms. The van der Waals surface area contributed by atoms with Crippen LogP contribution in [0.5, 0.6) is 0 Å². The maximum absolute atomic E-state index is 5.55. The molecule has 0 saturated heterocycles. The summed E-state index contributed by atoms with van der Waals surface area (Å²) in [4.78, 5) is 0. The van der Waals surface area contributed by atoms with Crippen LogP contribution in [-0.4, -0.2) is 4.20 Å². The van der Waals surface area contributed by atoms with Gasteiger partial charge in [0.1, 0.15) is 0 Å². The van der Waals surface area contributed by atoms with Crippen LogP contribution in [0.3, 0.4) is 0 Å². The van der Waals surface area contributed by atoms with Crippen molar-refractivity contribution in [3.63, 3.8) is 0 Å². The summed E-state index contributed by atoms with van der Waals surface area (Å²) in [6.45, 7) is 6.96. The van der Waals surface area contributed by atoms with Gasteiger partial charge >= 0.3 is 0 Å². The third kappa shape index (κ3) is 20.8. The summed E-state index contributed by atoms with van der Waals surface area (Å²) >= 11 is 10.2. The zero-order chi connectivity index (χ0) is 23.0. The minimum absolute atomic E-state index is 0.178. The van der Waals surface area contributed by atoms with E-state index in [2.05, 4.69) is 33.4 Å². The normalized spacial score (nSPS) is 11.9. The van der Waals surface area contributed by atoms with Crippen molar-refractivity contribution in [2.75, 3.05) is 0 Å². The van der Waals surface area contributed by atoms with E-state index in [1.807, 2.05) is 0 Å². The summed E-state index contributed by atoms with van der Waals surface area (Å²) in [5, 5.41) is 0. The zero-order valence-electron chi connectivity index (χ0n) is 21.8. The first kappa shape index (κ1) is 31.4. The van der Waals surface area contributed by atoms with Gasteiger partial charge in [-0.3, -0.25) is 0 Å². The molecule has 2 heteroatoms. The maximum atomic E-state index is 5.55. The van der Waals surface area contributed by atoms with Crippen LogP contribution in [0, 0.1) is 5.41 Å². The Morgan fingerprint density at radius 2 is 0.710 bits per heavy atom. The van der Waals surface area contributed by atoms with E-state index in [1.54, 1.807) is 0 Å². The lowest BCUT2D eigenvalue weighted by atomic mass is 9.81. The smallest absolute Gasteiger partial charge is 0.0507 e. The van der Waals surface area contributed by atoms with Crippen molar-refractivity contribution in [3.8, 4) is 0 Å². The van der Waals surface area contributed by atoms with E-state index in [1.165, 1.54) is 154 Å². The highest BCUT2D eigenvalue weighted by atomic mass is 32.1. The summed E-state index contributed by atoms with van der Waals surface area (Å²) in [6.07, 6.45) is 33.5. The van der Waals surface area contributed by atoms with E-state index < -0.39 is 0 Å². The zero-order valence-corrected chi connectivity index (χ0v) is 23.5. The van der Waals surface area contributed by atoms with E-state index in [4.69, 9.17) is 12.2 Å². The first-order valence-electron chi connectivity index (χ1n) is 14.3. The third-order valence-corrected chi connectivity index (χ3v) is 8.21. The monoisotopic (exact) mass is 470 g/mol. The van der Waals surface area contributed by atoms with Crippen LogP contribution in [-0.2, 0) is 0 Å². The summed E-state index contributed by atoms with van der Waals surface area (Å²) in [5.41, 5.74) is 0.178. The molecule has 0 aromatic heterocycles. The second-order valence-corrected chi connectivity index (χ2v) is 11.6. The number of thiocarbonyl (C=S) groups is 1. The van der Waals surface area contributed by atoms with Gasteiger partial charge in [0.15, 0.2) is 0 Å². The molecule has 0 aliphatic heterocycles. The van der Waals surface area contributed by atoms with Gasteiger partial charge in [0, 0.05) is 5.41 Å². The Bertz CT molecular complexity index is 351. The molecule has 0 N–H and O–H groups in total. The fourth-order valence-electron chi connectivity index (χ4n) is 4.70. The topological polar surface area (TPSA) is 0 Å². The summed E-state index contributed by atoms with van der Waals surface area (Å²) in [6, 6.07) is 0. The van der Waals surface area contributed by atoms with Crippen LogP contribution in [0.4, 0.5) is 0 Å². The largest absolute Gasteiger partial charge is 0.136 e. The Hall–Kier alpha value is 0.440. The van der Waals surface area contributed by atoms with Crippen molar-refractivity contribution in [3.05, 3.63) is 0 Å². The van der Waals surface area contributed by atoms with Crippen molar-refractivity contribution < 1.29 is 0 Å². The molecule has 0 spiro atoms. The van der Waals surface area contributed by atoms with Crippen LogP contribution in [0.25, 0.3) is 0 Å². The Morgan fingerprint density at radius 1 is 0.484 bits per heavy atom. The van der Waals surface area contributed by atoms with Gasteiger partial charge in [-0.2, -0.15) is 0 Å². The lowest BCUT2D eigenvalue weighted by molar-refractivity contribution is 0.364. The van der Waals surface area contributed by atoms with Gasteiger partial charge in [-0.1, -0.05) is 174 Å². The number of hydrogen-bond donors (Lipinski definition) is 1. The molecule has 0 rings (SSSR count). The van der Waals surface area contributed by atoms with Gasteiger partial charge in [0.2, 0.25) is 0 Å². The van der Waals surface area contributed by atoms with Crippen molar-refractivity contribution in [2.24, 2.45) is 5.41 Å². The molecular formula is C29H58S2. The second-order valence-electron chi connectivity index (χ2n) is 10.4. The van der Waals surface area contributed by atoms with Crippen molar-refractivity contribution in [1.82, 2.24) is 0 Å². The molecule has 0 fully saturated rings. The molecule has 0 atom stereocenters. The number of hydrogen-bond acceptors (Lipinski definition) is 1. The minimum atomic E-state index is 0.178. The highest BCUT2D eigenvalue weighted by Crippen LogP contribution is 2.34. The Labute approximate surface area is 208 Å². The van der Waals surface area contributed by atoms with Gasteiger partial charge in [-0.15, -0.1) is 12.6 Å². The first-order chi connectivity index (χ1) is 15.1. The molecule has 0 radical (unpaired) electrons. The van der Waals surface area contributed by atoms with Gasteiger partial charge in [-0.05, 0) is 12.8 Å². The van der Waals surface area contributed by atoms with Crippen molar-refractivity contribution >= 4 is 29.0 Å². The molecule has 186 valence electrons. The molecule has 0 aliphatic carbocycles. The molecule has 0 amide bonds. The molecule has 0 aromatic carbocycles. The Morgan fingerprint density at radius 3 is 0.935 bits per heavy atom. The van der Waals surface area contributed by atoms with Gasteiger partial charge in [0.25, 0.3) is 0 Å². The number of rotatable bonds is 25. The fraction of sp³-hybridized carbons (Fsp3) is 0.966. The van der Waals surface area contributed by atoms with E-state index >= 15 is 0 Å². The van der Waals surface area contributed by atoms with E-state index in [9.17, 15) is 0 Å². The SMILES string of the molecule is CCCCCCCCCCCCCC(C)(CCCCCCCCCCCCC)C(=S)S. The summed E-state index contributed by atoms with van der Waals surface area (Å²) in [5.74, 6) is 0. The van der Waals surface area contributed by atoms with E-state index in [0.29, 0.717) is 0 Å². The molecule has 0 bridgehead atoms. The molecule has 0 unspecified atom stereocenters. The average Bonchev–Trinajstić information content (AvgIpc) is 2.75. The lowest BCUT2D eigenvalue weighted by Gasteiger charge is -2.28. The third-order valence-electron chi connectivity index (χ3n) is 7.18. The highest BCUT2D eigenvalue weighted by Gasteiger charge is 2.26. The first-order valence-corrected chi connectivity index (χ1v) is 15.2. The van der Waals surface area contributed by atoms with Crippen LogP contribution < -0.4 is 0 Å². The van der Waals surface area contributed by atoms with Crippen molar-refractivity contribution in [1.29, 1.82) is 0 Å². The quantitative estimate of drug-likeness (QED) is 0.0786. The molecule has 0 saturated carbocycles. The van der Waals surface area contributed by atoms with Crippen LogP contribution in [0.1, 0.15) is 175 Å². The molecule has 0 heterocycles. The van der Waals surface area contributed by atoms with Gasteiger partial charge in [0.05, 0.1) is 4.20 Å². The predicted octanol–water partition coefficient (Wildman–Crippen LogP) is 11.7. The fourth-order valence-corrected chi connectivity index (χ4v) is 5.13.